The van der Waals surface area contributed by atoms with Crippen LogP contribution in [0.4, 0.5) is 9.39 Å². The molecule has 0 radical (unpaired) electrons. The summed E-state index contributed by atoms with van der Waals surface area (Å²) in [5.74, 6) is -1.11. The van der Waals surface area contributed by atoms with E-state index in [4.69, 9.17) is 5.73 Å². The number of benzene rings is 1. The lowest BCUT2D eigenvalue weighted by Crippen LogP contribution is -2.32. The fourth-order valence-electron chi connectivity index (χ4n) is 2.13. The van der Waals surface area contributed by atoms with E-state index in [0.29, 0.717) is 10.6 Å². The van der Waals surface area contributed by atoms with Crippen LogP contribution in [-0.2, 0) is 4.79 Å². The van der Waals surface area contributed by atoms with Crippen LogP contribution in [0.1, 0.15) is 28.9 Å². The summed E-state index contributed by atoms with van der Waals surface area (Å²) in [5.41, 5.74) is 6.46. The Labute approximate surface area is 137 Å². The lowest BCUT2D eigenvalue weighted by molar-refractivity contribution is -0.117. The van der Waals surface area contributed by atoms with Crippen molar-refractivity contribution < 1.29 is 14.0 Å². The number of hydrogen-bond acceptors (Lipinski definition) is 4. The third kappa shape index (κ3) is 4.37. The van der Waals surface area contributed by atoms with Crippen molar-refractivity contribution in [2.75, 3.05) is 18.9 Å². The van der Waals surface area contributed by atoms with Crippen LogP contribution >= 0.6 is 11.3 Å². The zero-order chi connectivity index (χ0) is 17.0. The van der Waals surface area contributed by atoms with E-state index in [1.165, 1.54) is 23.5 Å². The number of halogens is 1. The number of thiophene rings is 1. The number of primary amides is 1. The fraction of sp³-hybridized carbons (Fsp3) is 0.250. The molecule has 5 nitrogen and oxygen atoms in total. The molecule has 122 valence electrons. The molecule has 0 saturated heterocycles. The first-order valence-electron chi connectivity index (χ1n) is 7.01. The number of nitrogens with one attached hydrogen (secondary N) is 1. The maximum Gasteiger partial charge on any atom is 0.251 e. The van der Waals surface area contributed by atoms with Crippen molar-refractivity contribution >= 4 is 28.2 Å². The number of anilines is 1. The maximum atomic E-state index is 13.0. The minimum atomic E-state index is -0.574. The number of nitrogens with zero attached hydrogens (tertiary/aromatic N) is 1. The van der Waals surface area contributed by atoms with E-state index in [0.717, 1.165) is 5.56 Å². The fourth-order valence-corrected chi connectivity index (χ4v) is 2.93. The number of carbonyl (C=O) groups is 2. The van der Waals surface area contributed by atoms with E-state index in [-0.39, 0.29) is 24.3 Å². The van der Waals surface area contributed by atoms with Crippen molar-refractivity contribution in [3.8, 4) is 0 Å². The van der Waals surface area contributed by atoms with E-state index >= 15 is 0 Å². The SMILES string of the molecule is CC(c1ccc(F)cc1)N(C)CC(=O)Nc1sccc1C(N)=O. The Hall–Kier alpha value is -2.25. The third-order valence-electron chi connectivity index (χ3n) is 3.59. The summed E-state index contributed by atoms with van der Waals surface area (Å²) >= 11 is 1.25. The topological polar surface area (TPSA) is 75.4 Å². The van der Waals surface area contributed by atoms with Crippen LogP contribution in [0.2, 0.25) is 0 Å². The minimum Gasteiger partial charge on any atom is -0.366 e. The molecule has 3 N–H and O–H groups in total. The van der Waals surface area contributed by atoms with Gasteiger partial charge in [0, 0.05) is 6.04 Å². The van der Waals surface area contributed by atoms with Crippen LogP contribution in [-0.4, -0.2) is 30.3 Å². The van der Waals surface area contributed by atoms with Gasteiger partial charge in [0.25, 0.3) is 5.91 Å². The van der Waals surface area contributed by atoms with E-state index in [1.54, 1.807) is 30.6 Å². The van der Waals surface area contributed by atoms with Crippen LogP contribution in [0, 0.1) is 5.82 Å². The predicted octanol–water partition coefficient (Wildman–Crippen LogP) is 2.62. The molecule has 0 fully saturated rings. The minimum absolute atomic E-state index is 0.0553. The molecule has 0 aliphatic carbocycles. The Balaban J connectivity index is 1.97. The number of hydrogen-bond donors (Lipinski definition) is 2. The molecule has 7 heteroatoms. The first-order valence-corrected chi connectivity index (χ1v) is 7.89. The average Bonchev–Trinajstić information content (AvgIpc) is 2.95. The van der Waals surface area contributed by atoms with Gasteiger partial charge in [0.15, 0.2) is 0 Å². The molecule has 0 aliphatic rings. The monoisotopic (exact) mass is 335 g/mol. The summed E-state index contributed by atoms with van der Waals surface area (Å²) in [6, 6.07) is 7.69. The highest BCUT2D eigenvalue weighted by molar-refractivity contribution is 7.14. The van der Waals surface area contributed by atoms with Gasteiger partial charge < -0.3 is 11.1 Å². The second kappa shape index (κ2) is 7.34. The first-order chi connectivity index (χ1) is 10.9. The van der Waals surface area contributed by atoms with Gasteiger partial charge in [-0.1, -0.05) is 12.1 Å². The molecular weight excluding hydrogens is 317 g/mol. The van der Waals surface area contributed by atoms with Gasteiger partial charge in [0.05, 0.1) is 12.1 Å². The quantitative estimate of drug-likeness (QED) is 0.852. The van der Waals surface area contributed by atoms with Crippen LogP contribution in [0.25, 0.3) is 0 Å². The number of carbonyl (C=O) groups excluding carboxylic acids is 2. The van der Waals surface area contributed by atoms with Crippen molar-refractivity contribution in [2.45, 2.75) is 13.0 Å². The molecule has 0 spiro atoms. The second-order valence-electron chi connectivity index (χ2n) is 5.22. The van der Waals surface area contributed by atoms with E-state index in [2.05, 4.69) is 5.32 Å². The molecule has 1 unspecified atom stereocenters. The van der Waals surface area contributed by atoms with Gasteiger partial charge in [-0.2, -0.15) is 0 Å². The van der Waals surface area contributed by atoms with Crippen LogP contribution in [0.3, 0.4) is 0 Å². The molecule has 0 saturated carbocycles. The van der Waals surface area contributed by atoms with Crippen LogP contribution in [0.15, 0.2) is 35.7 Å². The molecule has 2 amide bonds. The zero-order valence-electron chi connectivity index (χ0n) is 12.9. The highest BCUT2D eigenvalue weighted by Crippen LogP contribution is 2.23. The largest absolute Gasteiger partial charge is 0.366 e. The lowest BCUT2D eigenvalue weighted by atomic mass is 10.1. The van der Waals surface area contributed by atoms with Gasteiger partial charge in [-0.3, -0.25) is 14.5 Å². The van der Waals surface area contributed by atoms with Crippen molar-refractivity contribution in [3.63, 3.8) is 0 Å². The Bertz CT molecular complexity index is 700. The standard InChI is InChI=1S/C16H18FN3O2S/c1-10(11-3-5-12(17)6-4-11)20(2)9-14(21)19-16-13(15(18)22)7-8-23-16/h3-8,10H,9H2,1-2H3,(H2,18,22)(H,19,21). The van der Waals surface area contributed by atoms with E-state index < -0.39 is 5.91 Å². The smallest absolute Gasteiger partial charge is 0.251 e. The Morgan fingerprint density at radius 1 is 1.30 bits per heavy atom. The Morgan fingerprint density at radius 2 is 1.96 bits per heavy atom. The summed E-state index contributed by atoms with van der Waals surface area (Å²) in [6.07, 6.45) is 0. The van der Waals surface area contributed by atoms with Crippen molar-refractivity contribution in [1.82, 2.24) is 4.90 Å². The van der Waals surface area contributed by atoms with E-state index in [9.17, 15) is 14.0 Å². The highest BCUT2D eigenvalue weighted by Gasteiger charge is 2.17. The number of nitrogens with two attached hydrogens (primary N) is 1. The number of amides is 2. The Kier molecular flexibility index (Phi) is 5.46. The van der Waals surface area contributed by atoms with Gasteiger partial charge in [-0.05, 0) is 43.1 Å². The molecule has 2 aromatic rings. The average molecular weight is 335 g/mol. The van der Waals surface area contributed by atoms with Gasteiger partial charge in [-0.15, -0.1) is 11.3 Å². The van der Waals surface area contributed by atoms with Gasteiger partial charge in [0.1, 0.15) is 10.8 Å². The normalized spacial score (nSPS) is 12.2. The summed E-state index contributed by atoms with van der Waals surface area (Å²) < 4.78 is 13.0. The third-order valence-corrected chi connectivity index (χ3v) is 4.42. The van der Waals surface area contributed by atoms with Crippen molar-refractivity contribution in [3.05, 3.63) is 52.7 Å². The van der Waals surface area contributed by atoms with Gasteiger partial charge >= 0.3 is 0 Å². The summed E-state index contributed by atoms with van der Waals surface area (Å²) in [5, 5.41) is 4.84. The second-order valence-corrected chi connectivity index (χ2v) is 6.13. The first kappa shape index (κ1) is 17.1. The molecule has 0 bridgehead atoms. The van der Waals surface area contributed by atoms with Gasteiger partial charge in [0.2, 0.25) is 5.91 Å². The molecular formula is C16H18FN3O2S. The number of rotatable bonds is 6. The predicted molar refractivity (Wildman–Crippen MR) is 88.9 cm³/mol. The molecule has 2 rings (SSSR count). The summed E-state index contributed by atoms with van der Waals surface area (Å²) in [4.78, 5) is 25.2. The number of likely N-dealkylation sites (N-methyl/N-ethyl adjacent to an activating group) is 1. The van der Waals surface area contributed by atoms with Crippen LogP contribution in [0.5, 0.6) is 0 Å². The van der Waals surface area contributed by atoms with Gasteiger partial charge in [-0.25, -0.2) is 4.39 Å². The maximum absolute atomic E-state index is 13.0. The summed E-state index contributed by atoms with van der Waals surface area (Å²) in [7, 11) is 1.80. The molecule has 1 aromatic carbocycles. The molecule has 23 heavy (non-hydrogen) atoms. The zero-order valence-corrected chi connectivity index (χ0v) is 13.7. The van der Waals surface area contributed by atoms with Crippen molar-refractivity contribution in [1.29, 1.82) is 0 Å². The lowest BCUT2D eigenvalue weighted by Gasteiger charge is -2.24. The van der Waals surface area contributed by atoms with Crippen molar-refractivity contribution in [2.24, 2.45) is 5.73 Å². The molecule has 1 atom stereocenters. The molecule has 0 aliphatic heterocycles. The summed E-state index contributed by atoms with van der Waals surface area (Å²) in [6.45, 7) is 2.06. The van der Waals surface area contributed by atoms with Crippen LogP contribution < -0.4 is 11.1 Å². The highest BCUT2D eigenvalue weighted by atomic mass is 32.1. The molecule has 1 heterocycles. The van der Waals surface area contributed by atoms with E-state index in [1.807, 2.05) is 11.8 Å². The Morgan fingerprint density at radius 3 is 2.57 bits per heavy atom. The molecule has 1 aromatic heterocycles.